The van der Waals surface area contributed by atoms with Gasteiger partial charge in [-0.2, -0.15) is 0 Å². The highest BCUT2D eigenvalue weighted by molar-refractivity contribution is 5.69. The molecule has 1 N–H and O–H groups in total. The Balaban J connectivity index is 1.65. The topological polar surface area (TPSA) is 83.5 Å². The van der Waals surface area contributed by atoms with Gasteiger partial charge in [0.15, 0.2) is 12.6 Å². The molecule has 2 saturated heterocycles. The third kappa shape index (κ3) is 11.1. The summed E-state index contributed by atoms with van der Waals surface area (Å²) in [6.07, 6.45) is 22.1. The number of esters is 1. The lowest BCUT2D eigenvalue weighted by molar-refractivity contribution is -0.193. The van der Waals surface area contributed by atoms with Gasteiger partial charge in [-0.05, 0) is 70.1 Å². The van der Waals surface area contributed by atoms with Gasteiger partial charge in [-0.1, -0.05) is 50.5 Å². The molecule has 0 radical (unpaired) electrons. The van der Waals surface area contributed by atoms with Crippen molar-refractivity contribution in [2.24, 2.45) is 11.8 Å². The van der Waals surface area contributed by atoms with Gasteiger partial charge in [0.05, 0.1) is 25.4 Å². The Bertz CT molecular complexity index is 696. The maximum Gasteiger partial charge on any atom is 0.305 e. The smallest absolute Gasteiger partial charge is 0.305 e. The van der Waals surface area contributed by atoms with E-state index in [1.807, 2.05) is 6.08 Å². The van der Waals surface area contributed by atoms with Crippen LogP contribution in [0.3, 0.4) is 0 Å². The fraction of sp³-hybridized carbons (Fsp3) is 0.839. The van der Waals surface area contributed by atoms with Gasteiger partial charge in [-0.3, -0.25) is 4.79 Å². The van der Waals surface area contributed by atoms with Gasteiger partial charge >= 0.3 is 5.97 Å². The van der Waals surface area contributed by atoms with E-state index < -0.39 is 6.10 Å². The predicted molar refractivity (Wildman–Crippen MR) is 147 cm³/mol. The van der Waals surface area contributed by atoms with Crippen molar-refractivity contribution in [1.29, 1.82) is 0 Å². The number of allylic oxidation sites excluding steroid dienone is 2. The van der Waals surface area contributed by atoms with E-state index in [0.717, 1.165) is 77.4 Å². The molecular formula is C31H52O7. The molecule has 3 aliphatic rings. The molecular weight excluding hydrogens is 484 g/mol. The number of carbonyl (C=O) groups excluding carboxylic acids is 1. The molecule has 7 atom stereocenters. The normalized spacial score (nSPS) is 31.2. The van der Waals surface area contributed by atoms with E-state index in [1.54, 1.807) is 0 Å². The maximum absolute atomic E-state index is 11.3. The highest BCUT2D eigenvalue weighted by atomic mass is 16.7. The zero-order valence-electron chi connectivity index (χ0n) is 23.8. The van der Waals surface area contributed by atoms with Crippen molar-refractivity contribution in [3.63, 3.8) is 0 Å². The van der Waals surface area contributed by atoms with Gasteiger partial charge in [0.25, 0.3) is 0 Å². The molecule has 2 aliphatic heterocycles. The van der Waals surface area contributed by atoms with Crippen LogP contribution in [0.1, 0.15) is 103 Å². The van der Waals surface area contributed by atoms with Crippen molar-refractivity contribution in [2.45, 2.75) is 134 Å². The first-order chi connectivity index (χ1) is 18.6. The van der Waals surface area contributed by atoms with Crippen LogP contribution in [0, 0.1) is 11.8 Å². The summed E-state index contributed by atoms with van der Waals surface area (Å²) in [4.78, 5) is 11.3. The summed E-state index contributed by atoms with van der Waals surface area (Å²) in [5.41, 5.74) is 0. The zero-order chi connectivity index (χ0) is 27.0. The number of aliphatic hydroxyl groups excluding tert-OH is 1. The second-order valence-electron chi connectivity index (χ2n) is 11.0. The summed E-state index contributed by atoms with van der Waals surface area (Å²) in [5, 5.41) is 11.1. The number of rotatable bonds is 16. The lowest BCUT2D eigenvalue weighted by atomic mass is 9.88. The minimum absolute atomic E-state index is 0.00726. The average Bonchev–Trinajstić information content (AvgIpc) is 3.23. The molecule has 218 valence electrons. The molecule has 0 bridgehead atoms. The first-order valence-corrected chi connectivity index (χ1v) is 15.2. The van der Waals surface area contributed by atoms with Crippen LogP contribution in [-0.4, -0.2) is 62.3 Å². The third-order valence-electron chi connectivity index (χ3n) is 8.04. The summed E-state index contributed by atoms with van der Waals surface area (Å²) in [5.74, 6) is 0.0150. The zero-order valence-corrected chi connectivity index (χ0v) is 23.8. The van der Waals surface area contributed by atoms with E-state index in [9.17, 15) is 9.90 Å². The molecule has 2 heterocycles. The van der Waals surface area contributed by atoms with Crippen molar-refractivity contribution in [2.75, 3.05) is 20.3 Å². The van der Waals surface area contributed by atoms with E-state index in [0.29, 0.717) is 19.3 Å². The molecule has 0 spiro atoms. The van der Waals surface area contributed by atoms with Gasteiger partial charge in [-0.15, -0.1) is 0 Å². The van der Waals surface area contributed by atoms with Crippen molar-refractivity contribution < 1.29 is 33.6 Å². The van der Waals surface area contributed by atoms with Gasteiger partial charge in [0.1, 0.15) is 0 Å². The molecule has 1 aliphatic carbocycles. The monoisotopic (exact) mass is 536 g/mol. The van der Waals surface area contributed by atoms with E-state index in [1.165, 1.54) is 20.0 Å². The molecule has 3 fully saturated rings. The number of aliphatic hydroxyl groups is 1. The van der Waals surface area contributed by atoms with Crippen LogP contribution in [-0.2, 0) is 28.5 Å². The highest BCUT2D eigenvalue weighted by Crippen LogP contribution is 2.40. The Hall–Kier alpha value is -1.25. The summed E-state index contributed by atoms with van der Waals surface area (Å²) >= 11 is 0. The lowest BCUT2D eigenvalue weighted by Gasteiger charge is -2.30. The van der Waals surface area contributed by atoms with Crippen LogP contribution in [0.15, 0.2) is 24.3 Å². The minimum atomic E-state index is -0.414. The van der Waals surface area contributed by atoms with E-state index in [-0.39, 0.29) is 42.6 Å². The Kier molecular flexibility index (Phi) is 15.0. The average molecular weight is 537 g/mol. The molecule has 38 heavy (non-hydrogen) atoms. The number of methoxy groups -OCH3 is 1. The van der Waals surface area contributed by atoms with Crippen LogP contribution in [0.4, 0.5) is 0 Å². The Morgan fingerprint density at radius 1 is 1.03 bits per heavy atom. The van der Waals surface area contributed by atoms with Crippen LogP contribution in [0.25, 0.3) is 0 Å². The van der Waals surface area contributed by atoms with Crippen molar-refractivity contribution in [3.8, 4) is 0 Å². The number of hydrogen-bond donors (Lipinski definition) is 1. The second kappa shape index (κ2) is 18.2. The molecule has 0 aromatic carbocycles. The van der Waals surface area contributed by atoms with Crippen LogP contribution in [0.2, 0.25) is 0 Å². The van der Waals surface area contributed by atoms with E-state index >= 15 is 0 Å². The number of ether oxygens (including phenoxy) is 5. The molecule has 7 heteroatoms. The molecule has 0 aromatic rings. The standard InChI is InChI=1S/C31H52O7/c1-3-4-7-14-24(37-30-17-10-12-21-35-30)19-20-26-25(15-8-5-6-9-16-29(33)34-2)27(32)23-28(26)38-31-18-11-13-22-36-31/h5-6,19-20,24-28,30-32H,3-4,7-18,21-23H2,1-2H3/t24-,25+,26+,27-,28+,30?,31?/m0/s1. The highest BCUT2D eigenvalue weighted by Gasteiger charge is 2.42. The van der Waals surface area contributed by atoms with Gasteiger partial charge in [-0.25, -0.2) is 0 Å². The Labute approximate surface area is 230 Å². The molecule has 2 unspecified atom stereocenters. The van der Waals surface area contributed by atoms with Gasteiger partial charge in [0.2, 0.25) is 0 Å². The summed E-state index contributed by atoms with van der Waals surface area (Å²) in [7, 11) is 1.42. The van der Waals surface area contributed by atoms with Crippen molar-refractivity contribution in [1.82, 2.24) is 0 Å². The molecule has 7 nitrogen and oxygen atoms in total. The fourth-order valence-corrected chi connectivity index (χ4v) is 5.81. The minimum Gasteiger partial charge on any atom is -0.469 e. The number of hydrogen-bond acceptors (Lipinski definition) is 7. The Morgan fingerprint density at radius 3 is 2.45 bits per heavy atom. The van der Waals surface area contributed by atoms with Gasteiger partial charge < -0.3 is 28.8 Å². The first-order valence-electron chi connectivity index (χ1n) is 15.2. The number of unbranched alkanes of at least 4 members (excludes halogenated alkanes) is 2. The summed E-state index contributed by atoms with van der Waals surface area (Å²) < 4.78 is 29.3. The Morgan fingerprint density at radius 2 is 1.76 bits per heavy atom. The summed E-state index contributed by atoms with van der Waals surface area (Å²) in [6, 6.07) is 0. The van der Waals surface area contributed by atoms with Crippen molar-refractivity contribution in [3.05, 3.63) is 24.3 Å². The third-order valence-corrected chi connectivity index (χ3v) is 8.04. The first kappa shape index (κ1) is 31.3. The largest absolute Gasteiger partial charge is 0.469 e. The fourth-order valence-electron chi connectivity index (χ4n) is 5.81. The SMILES string of the molecule is CCCCC[C@@H](C=C[C@@H]1[C@@H](CCC=CCCC(=O)OC)[C@@H](O)C[C@H]1OC1CCCCO1)OC1CCCCO1. The molecule has 1 saturated carbocycles. The maximum atomic E-state index is 11.3. The molecule has 0 aromatic heterocycles. The van der Waals surface area contributed by atoms with Crippen molar-refractivity contribution >= 4 is 5.97 Å². The second-order valence-corrected chi connectivity index (χ2v) is 11.0. The van der Waals surface area contributed by atoms with Crippen LogP contribution in [0.5, 0.6) is 0 Å². The van der Waals surface area contributed by atoms with Crippen LogP contribution < -0.4 is 0 Å². The summed E-state index contributed by atoms with van der Waals surface area (Å²) in [6.45, 7) is 3.74. The van der Waals surface area contributed by atoms with E-state index in [4.69, 9.17) is 23.7 Å². The quantitative estimate of drug-likeness (QED) is 0.142. The molecule has 0 amide bonds. The molecule has 3 rings (SSSR count). The van der Waals surface area contributed by atoms with E-state index in [2.05, 4.69) is 25.2 Å². The van der Waals surface area contributed by atoms with Crippen LogP contribution >= 0.6 is 0 Å². The van der Waals surface area contributed by atoms with Gasteiger partial charge in [0, 0.05) is 32.0 Å². The predicted octanol–water partition coefficient (Wildman–Crippen LogP) is 6.23. The number of carbonyl (C=O) groups is 1. The lowest BCUT2D eigenvalue weighted by Crippen LogP contribution is -2.31.